The van der Waals surface area contributed by atoms with Crippen molar-refractivity contribution in [3.63, 3.8) is 0 Å². The van der Waals surface area contributed by atoms with Gasteiger partial charge in [0.1, 0.15) is 10.7 Å². The van der Waals surface area contributed by atoms with Crippen LogP contribution in [0, 0.1) is 0 Å². The van der Waals surface area contributed by atoms with Crippen LogP contribution in [0.3, 0.4) is 0 Å². The van der Waals surface area contributed by atoms with Crippen LogP contribution in [-0.2, 0) is 30.7 Å². The van der Waals surface area contributed by atoms with Gasteiger partial charge in [0.2, 0.25) is 5.91 Å². The van der Waals surface area contributed by atoms with Gasteiger partial charge in [-0.05, 0) is 48.4 Å². The van der Waals surface area contributed by atoms with E-state index in [1.165, 1.54) is 22.3 Å². The van der Waals surface area contributed by atoms with Gasteiger partial charge in [-0.2, -0.15) is 0 Å². The van der Waals surface area contributed by atoms with Gasteiger partial charge in [0, 0.05) is 17.5 Å². The Bertz CT molecular complexity index is 1380. The molecule has 182 valence electrons. The highest BCUT2D eigenvalue weighted by Crippen LogP contribution is 2.38. The molecule has 2 heterocycles. The van der Waals surface area contributed by atoms with E-state index in [1.54, 1.807) is 17.0 Å². The largest absolute Gasteiger partial charge is 0.348 e. The van der Waals surface area contributed by atoms with Crippen LogP contribution in [0.1, 0.15) is 50.5 Å². The van der Waals surface area contributed by atoms with Crippen LogP contribution in [0.2, 0.25) is 0 Å². The lowest BCUT2D eigenvalue weighted by molar-refractivity contribution is -0.111. The van der Waals surface area contributed by atoms with Crippen molar-refractivity contribution in [1.29, 1.82) is 0 Å². The van der Waals surface area contributed by atoms with Gasteiger partial charge in [0.15, 0.2) is 0 Å². The standard InChI is InChI=1S/C28H27N5O2S/c34-25(16-15-22-19-33(32-31-22)18-21-11-5-2-6-12-21)30-28-26(23-13-7-8-14-24(23)36-28)27(35)29-17-20-9-3-1-4-10-20/h1-6,9-12,15-16,19H,7-8,13-14,17-18H2,(H,29,35)(H,30,34)/b16-15+. The molecule has 0 unspecified atom stereocenters. The van der Waals surface area contributed by atoms with E-state index >= 15 is 0 Å². The Morgan fingerprint density at radius 3 is 2.47 bits per heavy atom. The van der Waals surface area contributed by atoms with Gasteiger partial charge >= 0.3 is 0 Å². The number of hydrogen-bond acceptors (Lipinski definition) is 5. The number of nitrogens with zero attached hydrogens (tertiary/aromatic N) is 3. The van der Waals surface area contributed by atoms with E-state index in [0.717, 1.165) is 42.4 Å². The van der Waals surface area contributed by atoms with Crippen molar-refractivity contribution in [2.24, 2.45) is 0 Å². The minimum atomic E-state index is -0.302. The summed E-state index contributed by atoms with van der Waals surface area (Å²) in [6, 6.07) is 19.8. The molecule has 0 radical (unpaired) electrons. The zero-order chi connectivity index (χ0) is 24.7. The molecule has 8 heteroatoms. The highest BCUT2D eigenvalue weighted by atomic mass is 32.1. The Hall–Kier alpha value is -4.04. The summed E-state index contributed by atoms with van der Waals surface area (Å²) >= 11 is 1.51. The lowest BCUT2D eigenvalue weighted by atomic mass is 9.95. The third-order valence-electron chi connectivity index (χ3n) is 6.08. The molecule has 1 aliphatic rings. The fraction of sp³-hybridized carbons (Fsp3) is 0.214. The molecule has 0 aliphatic heterocycles. The molecule has 0 saturated carbocycles. The van der Waals surface area contributed by atoms with E-state index in [2.05, 4.69) is 20.9 Å². The maximum absolute atomic E-state index is 13.2. The second-order valence-electron chi connectivity index (χ2n) is 8.73. The number of anilines is 1. The minimum absolute atomic E-state index is 0.151. The molecule has 2 aromatic heterocycles. The van der Waals surface area contributed by atoms with Crippen molar-refractivity contribution < 1.29 is 9.59 Å². The van der Waals surface area contributed by atoms with E-state index in [-0.39, 0.29) is 11.8 Å². The number of rotatable bonds is 8. The number of carbonyl (C=O) groups is 2. The number of thiophene rings is 1. The summed E-state index contributed by atoms with van der Waals surface area (Å²) in [6.07, 6.45) is 8.81. The van der Waals surface area contributed by atoms with Crippen LogP contribution >= 0.6 is 11.3 Å². The smallest absolute Gasteiger partial charge is 0.254 e. The summed E-state index contributed by atoms with van der Waals surface area (Å²) in [4.78, 5) is 27.2. The van der Waals surface area contributed by atoms with Crippen molar-refractivity contribution >= 4 is 34.2 Å². The van der Waals surface area contributed by atoms with Gasteiger partial charge < -0.3 is 10.6 Å². The summed E-state index contributed by atoms with van der Waals surface area (Å²) < 4.78 is 1.73. The minimum Gasteiger partial charge on any atom is -0.348 e. The van der Waals surface area contributed by atoms with E-state index in [4.69, 9.17) is 0 Å². The first-order valence-electron chi connectivity index (χ1n) is 12.1. The zero-order valence-electron chi connectivity index (χ0n) is 19.8. The lowest BCUT2D eigenvalue weighted by Gasteiger charge is -2.13. The molecule has 0 saturated heterocycles. The van der Waals surface area contributed by atoms with Crippen LogP contribution in [0.25, 0.3) is 6.08 Å². The summed E-state index contributed by atoms with van der Waals surface area (Å²) in [5.74, 6) is -0.454. The van der Waals surface area contributed by atoms with E-state index < -0.39 is 0 Å². The SMILES string of the molecule is O=C(/C=C/c1cn(Cc2ccccc2)nn1)Nc1sc2c(c1C(=O)NCc1ccccc1)CCCC2. The molecule has 2 N–H and O–H groups in total. The summed E-state index contributed by atoms with van der Waals surface area (Å²) in [5.41, 5.74) is 4.41. The maximum Gasteiger partial charge on any atom is 0.254 e. The summed E-state index contributed by atoms with van der Waals surface area (Å²) in [5, 5.41) is 14.8. The van der Waals surface area contributed by atoms with Gasteiger partial charge in [-0.25, -0.2) is 4.68 Å². The molecule has 2 aromatic carbocycles. The molecule has 7 nitrogen and oxygen atoms in total. The van der Waals surface area contributed by atoms with Crippen molar-refractivity contribution in [2.45, 2.75) is 38.8 Å². The highest BCUT2D eigenvalue weighted by molar-refractivity contribution is 7.17. The number of aromatic nitrogens is 3. The van der Waals surface area contributed by atoms with Crippen LogP contribution in [0.15, 0.2) is 72.9 Å². The molecule has 0 bridgehead atoms. The average molecular weight is 498 g/mol. The van der Waals surface area contributed by atoms with Gasteiger partial charge in [-0.3, -0.25) is 9.59 Å². The first-order valence-corrected chi connectivity index (χ1v) is 12.9. The van der Waals surface area contributed by atoms with Gasteiger partial charge in [0.05, 0.1) is 18.3 Å². The number of benzene rings is 2. The fourth-order valence-corrected chi connectivity index (χ4v) is 5.60. The summed E-state index contributed by atoms with van der Waals surface area (Å²) in [7, 11) is 0. The van der Waals surface area contributed by atoms with Gasteiger partial charge in [-0.15, -0.1) is 16.4 Å². The third kappa shape index (κ3) is 5.78. The molecule has 2 amide bonds. The number of nitrogens with one attached hydrogen (secondary N) is 2. The molecule has 36 heavy (non-hydrogen) atoms. The Labute approximate surface area is 213 Å². The first kappa shape index (κ1) is 23.7. The van der Waals surface area contributed by atoms with Gasteiger partial charge in [-0.1, -0.05) is 65.9 Å². The van der Waals surface area contributed by atoms with Crippen LogP contribution in [-0.4, -0.2) is 26.8 Å². The molecular weight excluding hydrogens is 470 g/mol. The van der Waals surface area contributed by atoms with E-state index in [1.807, 2.05) is 60.7 Å². The Morgan fingerprint density at radius 1 is 0.972 bits per heavy atom. The lowest BCUT2D eigenvalue weighted by Crippen LogP contribution is -2.25. The van der Waals surface area contributed by atoms with Crippen molar-refractivity contribution in [3.05, 3.63) is 106 Å². The van der Waals surface area contributed by atoms with E-state index in [9.17, 15) is 9.59 Å². The second-order valence-corrected chi connectivity index (χ2v) is 9.84. The van der Waals surface area contributed by atoms with Crippen LogP contribution in [0.4, 0.5) is 5.00 Å². The average Bonchev–Trinajstić information content (AvgIpc) is 3.51. The highest BCUT2D eigenvalue weighted by Gasteiger charge is 2.26. The molecule has 0 atom stereocenters. The molecule has 0 spiro atoms. The summed E-state index contributed by atoms with van der Waals surface area (Å²) in [6.45, 7) is 1.05. The van der Waals surface area contributed by atoms with E-state index in [0.29, 0.717) is 29.3 Å². The number of fused-ring (bicyclic) bond motifs is 1. The quantitative estimate of drug-likeness (QED) is 0.341. The fourth-order valence-electron chi connectivity index (χ4n) is 4.31. The number of hydrogen-bond donors (Lipinski definition) is 2. The number of amides is 2. The number of aryl methyl sites for hydroxylation is 1. The normalized spacial score (nSPS) is 12.9. The number of carbonyl (C=O) groups excluding carboxylic acids is 2. The monoisotopic (exact) mass is 497 g/mol. The Morgan fingerprint density at radius 2 is 1.69 bits per heavy atom. The molecular formula is C28H27N5O2S. The predicted octanol–water partition coefficient (Wildman–Crippen LogP) is 4.85. The van der Waals surface area contributed by atoms with Crippen molar-refractivity contribution in [2.75, 3.05) is 5.32 Å². The molecule has 4 aromatic rings. The van der Waals surface area contributed by atoms with Gasteiger partial charge in [0.25, 0.3) is 5.91 Å². The zero-order valence-corrected chi connectivity index (χ0v) is 20.6. The topological polar surface area (TPSA) is 88.9 Å². The second kappa shape index (κ2) is 11.1. The predicted molar refractivity (Wildman–Crippen MR) is 142 cm³/mol. The van der Waals surface area contributed by atoms with Crippen molar-refractivity contribution in [1.82, 2.24) is 20.3 Å². The van der Waals surface area contributed by atoms with Crippen LogP contribution in [0.5, 0.6) is 0 Å². The Balaban J connectivity index is 1.27. The third-order valence-corrected chi connectivity index (χ3v) is 7.29. The maximum atomic E-state index is 13.2. The Kier molecular flexibility index (Phi) is 7.33. The molecule has 5 rings (SSSR count). The van der Waals surface area contributed by atoms with Crippen LogP contribution < -0.4 is 10.6 Å². The first-order chi connectivity index (χ1) is 17.7. The molecule has 0 fully saturated rings. The molecule has 1 aliphatic carbocycles. The van der Waals surface area contributed by atoms with Crippen molar-refractivity contribution in [3.8, 4) is 0 Å².